The second-order valence-electron chi connectivity index (χ2n) is 5.66. The Morgan fingerprint density at radius 3 is 2.61 bits per heavy atom. The quantitative estimate of drug-likeness (QED) is 0.739. The van der Waals surface area contributed by atoms with Gasteiger partial charge in [-0.05, 0) is 40.5 Å². The van der Waals surface area contributed by atoms with Crippen LogP contribution in [0.2, 0.25) is 0 Å². The molecule has 0 N–H and O–H groups in total. The Hall–Kier alpha value is -0.420. The summed E-state index contributed by atoms with van der Waals surface area (Å²) >= 11 is 0. The third kappa shape index (κ3) is 4.35. The second kappa shape index (κ2) is 6.66. The second-order valence-corrected chi connectivity index (χ2v) is 7.85. The molecule has 0 bridgehead atoms. The fraction of sp³-hybridized carbons (Fsp3) is 0.923. The van der Waals surface area contributed by atoms with E-state index in [1.807, 2.05) is 32.0 Å². The summed E-state index contributed by atoms with van der Waals surface area (Å²) in [6.07, 6.45) is 3.44. The molecule has 1 saturated heterocycles. The average Bonchev–Trinajstić information content (AvgIpc) is 2.28. The minimum Gasteiger partial charge on any atom is -0.466 e. The molecule has 0 spiro atoms. The highest BCUT2D eigenvalue weighted by Crippen LogP contribution is 2.26. The normalized spacial score (nSPS) is 23.7. The number of hydrogen-bond donors (Lipinski definition) is 0. The molecule has 1 aliphatic heterocycles. The van der Waals surface area contributed by atoms with Crippen LogP contribution in [0.5, 0.6) is 0 Å². The first-order chi connectivity index (χ1) is 8.36. The number of rotatable bonds is 4. The number of ether oxygens (including phenoxy) is 1. The Bertz CT molecular complexity index is 312. The van der Waals surface area contributed by atoms with E-state index in [9.17, 15) is 9.00 Å². The molecule has 1 fully saturated rings. The molecular weight excluding hydrogens is 250 g/mol. The van der Waals surface area contributed by atoms with E-state index in [0.29, 0.717) is 13.0 Å². The molecule has 0 radical (unpaired) electrons. The van der Waals surface area contributed by atoms with Gasteiger partial charge in [0.15, 0.2) is 0 Å². The van der Waals surface area contributed by atoms with Crippen LogP contribution in [0.15, 0.2) is 0 Å². The lowest BCUT2D eigenvalue weighted by atomic mass is 10.0. The molecule has 0 aromatic carbocycles. The van der Waals surface area contributed by atoms with Gasteiger partial charge in [0.1, 0.15) is 0 Å². The number of carbonyl (C=O) groups is 1. The van der Waals surface area contributed by atoms with Gasteiger partial charge in [0.2, 0.25) is 0 Å². The van der Waals surface area contributed by atoms with Crippen molar-refractivity contribution in [2.75, 3.05) is 13.2 Å². The zero-order valence-electron chi connectivity index (χ0n) is 11.9. The number of piperidine rings is 1. The molecule has 0 amide bonds. The van der Waals surface area contributed by atoms with Gasteiger partial charge in [0.05, 0.1) is 28.8 Å². The van der Waals surface area contributed by atoms with E-state index in [2.05, 4.69) is 0 Å². The molecule has 1 aliphatic rings. The lowest BCUT2D eigenvalue weighted by Crippen LogP contribution is -2.47. The predicted octanol–water partition coefficient (Wildman–Crippen LogP) is 2.26. The zero-order valence-corrected chi connectivity index (χ0v) is 12.7. The molecular formula is C13H25NO3S. The molecule has 106 valence electrons. The van der Waals surface area contributed by atoms with Crippen molar-refractivity contribution in [2.45, 2.75) is 64.2 Å². The van der Waals surface area contributed by atoms with Gasteiger partial charge >= 0.3 is 5.97 Å². The van der Waals surface area contributed by atoms with E-state index in [-0.39, 0.29) is 16.8 Å². The lowest BCUT2D eigenvalue weighted by Gasteiger charge is -2.37. The van der Waals surface area contributed by atoms with E-state index in [4.69, 9.17) is 4.74 Å². The third-order valence-corrected chi connectivity index (χ3v) is 4.97. The first-order valence-corrected chi connectivity index (χ1v) is 7.81. The molecule has 18 heavy (non-hydrogen) atoms. The van der Waals surface area contributed by atoms with Gasteiger partial charge in [0, 0.05) is 12.6 Å². The van der Waals surface area contributed by atoms with Gasteiger partial charge in [-0.3, -0.25) is 4.79 Å². The fourth-order valence-electron chi connectivity index (χ4n) is 2.16. The molecule has 5 heteroatoms. The van der Waals surface area contributed by atoms with Crippen molar-refractivity contribution < 1.29 is 13.7 Å². The van der Waals surface area contributed by atoms with Crippen molar-refractivity contribution >= 4 is 17.0 Å². The molecule has 0 aromatic rings. The topological polar surface area (TPSA) is 46.6 Å². The minimum atomic E-state index is -1.05. The first-order valence-electron chi connectivity index (χ1n) is 6.70. The summed E-state index contributed by atoms with van der Waals surface area (Å²) in [5, 5.41) is 0. The van der Waals surface area contributed by atoms with E-state index in [1.54, 1.807) is 0 Å². The van der Waals surface area contributed by atoms with Crippen LogP contribution in [0.1, 0.15) is 53.4 Å². The summed E-state index contributed by atoms with van der Waals surface area (Å²) < 4.78 is 19.2. The van der Waals surface area contributed by atoms with Crippen LogP contribution in [-0.4, -0.2) is 38.4 Å². The van der Waals surface area contributed by atoms with Gasteiger partial charge in [-0.1, -0.05) is 6.42 Å². The zero-order chi connectivity index (χ0) is 13.8. The van der Waals surface area contributed by atoms with Crippen molar-refractivity contribution in [3.8, 4) is 0 Å². The SMILES string of the molecule is CCOC(=O)C[C@@H]1CCCCN1S(=O)C(C)(C)C. The number of carbonyl (C=O) groups excluding carboxylic acids is 1. The van der Waals surface area contributed by atoms with E-state index in [0.717, 1.165) is 25.8 Å². The summed E-state index contributed by atoms with van der Waals surface area (Å²) in [7, 11) is -1.05. The number of hydrogen-bond acceptors (Lipinski definition) is 3. The number of esters is 1. The maximum atomic E-state index is 12.5. The van der Waals surface area contributed by atoms with Crippen molar-refractivity contribution in [1.29, 1.82) is 0 Å². The Morgan fingerprint density at radius 2 is 2.06 bits per heavy atom. The smallest absolute Gasteiger partial charge is 0.307 e. The van der Waals surface area contributed by atoms with Gasteiger partial charge < -0.3 is 4.74 Å². The van der Waals surface area contributed by atoms with E-state index in [1.165, 1.54) is 0 Å². The van der Waals surface area contributed by atoms with Gasteiger partial charge in [0.25, 0.3) is 0 Å². The minimum absolute atomic E-state index is 0.0675. The lowest BCUT2D eigenvalue weighted by molar-refractivity contribution is -0.144. The van der Waals surface area contributed by atoms with Gasteiger partial charge in [-0.2, -0.15) is 0 Å². The van der Waals surface area contributed by atoms with Crippen molar-refractivity contribution in [3.63, 3.8) is 0 Å². The monoisotopic (exact) mass is 275 g/mol. The first kappa shape index (κ1) is 15.6. The van der Waals surface area contributed by atoms with Crippen LogP contribution in [0.4, 0.5) is 0 Å². The van der Waals surface area contributed by atoms with E-state index >= 15 is 0 Å². The van der Waals surface area contributed by atoms with E-state index < -0.39 is 11.0 Å². The van der Waals surface area contributed by atoms with Crippen LogP contribution in [-0.2, 0) is 20.5 Å². The summed E-state index contributed by atoms with van der Waals surface area (Å²) in [5.74, 6) is -0.180. The van der Waals surface area contributed by atoms with Crippen LogP contribution < -0.4 is 0 Å². The van der Waals surface area contributed by atoms with Gasteiger partial charge in [-0.15, -0.1) is 0 Å². The van der Waals surface area contributed by atoms with Crippen molar-refractivity contribution in [1.82, 2.24) is 4.31 Å². The Balaban J connectivity index is 2.68. The predicted molar refractivity (Wildman–Crippen MR) is 73.5 cm³/mol. The maximum absolute atomic E-state index is 12.5. The summed E-state index contributed by atoms with van der Waals surface area (Å²) in [5.41, 5.74) is 0. The number of nitrogens with zero attached hydrogens (tertiary/aromatic N) is 1. The molecule has 2 atom stereocenters. The van der Waals surface area contributed by atoms with Crippen LogP contribution >= 0.6 is 0 Å². The molecule has 0 aliphatic carbocycles. The highest BCUT2D eigenvalue weighted by atomic mass is 32.2. The Kier molecular flexibility index (Phi) is 5.79. The average molecular weight is 275 g/mol. The largest absolute Gasteiger partial charge is 0.466 e. The molecule has 1 rings (SSSR count). The summed E-state index contributed by atoms with van der Waals surface area (Å²) in [6.45, 7) is 8.95. The molecule has 4 nitrogen and oxygen atoms in total. The Morgan fingerprint density at radius 1 is 1.39 bits per heavy atom. The molecule has 1 heterocycles. The standard InChI is InChI=1S/C13H25NO3S/c1-5-17-12(15)10-11-8-6-7-9-14(11)18(16)13(2,3)4/h11H,5-10H2,1-4H3/t11-,18?/m0/s1. The van der Waals surface area contributed by atoms with Gasteiger partial charge in [-0.25, -0.2) is 8.51 Å². The summed E-state index contributed by atoms with van der Waals surface area (Å²) in [6, 6.07) is 0.0675. The molecule has 1 unspecified atom stereocenters. The molecule has 0 saturated carbocycles. The highest BCUT2D eigenvalue weighted by Gasteiger charge is 2.34. The van der Waals surface area contributed by atoms with Crippen molar-refractivity contribution in [3.05, 3.63) is 0 Å². The van der Waals surface area contributed by atoms with Crippen LogP contribution in [0.3, 0.4) is 0 Å². The van der Waals surface area contributed by atoms with Crippen molar-refractivity contribution in [2.24, 2.45) is 0 Å². The summed E-state index contributed by atoms with van der Waals surface area (Å²) in [4.78, 5) is 11.6. The highest BCUT2D eigenvalue weighted by molar-refractivity contribution is 7.84. The molecule has 0 aromatic heterocycles. The Labute approximate surface area is 113 Å². The fourth-order valence-corrected chi connectivity index (χ4v) is 3.61. The van der Waals surface area contributed by atoms with Crippen LogP contribution in [0.25, 0.3) is 0 Å². The maximum Gasteiger partial charge on any atom is 0.307 e. The third-order valence-electron chi connectivity index (χ3n) is 3.02. The van der Waals surface area contributed by atoms with Crippen LogP contribution in [0, 0.1) is 0 Å².